The number of benzene rings is 1. The summed E-state index contributed by atoms with van der Waals surface area (Å²) in [5.41, 5.74) is 2.49. The van der Waals surface area contributed by atoms with Crippen molar-refractivity contribution in [2.45, 2.75) is 24.7 Å². The molecule has 0 saturated carbocycles. The van der Waals surface area contributed by atoms with Crippen molar-refractivity contribution in [3.05, 3.63) is 59.6 Å². The number of aromatic nitrogens is 3. The van der Waals surface area contributed by atoms with Gasteiger partial charge in [-0.3, -0.25) is 0 Å². The van der Waals surface area contributed by atoms with Gasteiger partial charge < -0.3 is 0 Å². The molecule has 3 rings (SSSR count). The molecule has 1 N–H and O–H groups in total. The molecule has 0 aliphatic carbocycles. The van der Waals surface area contributed by atoms with Crippen LogP contribution in [-0.2, 0) is 16.4 Å². The minimum Gasteiger partial charge on any atom is -0.237 e. The van der Waals surface area contributed by atoms with Crippen LogP contribution < -0.4 is 4.72 Å². The van der Waals surface area contributed by atoms with Gasteiger partial charge in [0.05, 0.1) is 5.69 Å². The van der Waals surface area contributed by atoms with Crippen molar-refractivity contribution in [1.29, 1.82) is 0 Å². The van der Waals surface area contributed by atoms with Crippen molar-refractivity contribution >= 4 is 15.7 Å². The van der Waals surface area contributed by atoms with Gasteiger partial charge in [-0.15, -0.1) is 0 Å². The number of hydrogen-bond donors (Lipinski definition) is 1. The van der Waals surface area contributed by atoms with E-state index in [9.17, 15) is 17.2 Å². The Morgan fingerprint density at radius 3 is 2.84 bits per heavy atom. The number of sulfonamides is 1. The van der Waals surface area contributed by atoms with Crippen molar-refractivity contribution in [2.24, 2.45) is 0 Å². The number of aryl methyl sites for hydroxylation is 2. The van der Waals surface area contributed by atoms with E-state index in [1.165, 1.54) is 0 Å². The molecular formula is C16H16F2N4O2S. The van der Waals surface area contributed by atoms with Gasteiger partial charge in [0.15, 0.2) is 5.65 Å². The van der Waals surface area contributed by atoms with Gasteiger partial charge in [0.25, 0.3) is 0 Å². The van der Waals surface area contributed by atoms with Crippen LogP contribution in [-0.4, -0.2) is 29.6 Å². The van der Waals surface area contributed by atoms with Crippen LogP contribution in [0.2, 0.25) is 0 Å². The predicted molar refractivity (Wildman–Crippen MR) is 87.6 cm³/mol. The average Bonchev–Trinajstić information content (AvgIpc) is 2.93. The third-order valence-corrected chi connectivity index (χ3v) is 5.08. The Hall–Kier alpha value is -2.39. The molecule has 0 saturated heterocycles. The van der Waals surface area contributed by atoms with Crippen molar-refractivity contribution in [1.82, 2.24) is 19.3 Å². The Morgan fingerprint density at radius 2 is 2.04 bits per heavy atom. The maximum atomic E-state index is 13.6. The number of fused-ring (bicyclic) bond motifs is 1. The molecule has 1 aromatic carbocycles. The lowest BCUT2D eigenvalue weighted by molar-refractivity contribution is 0.544. The molecule has 0 unspecified atom stereocenters. The van der Waals surface area contributed by atoms with E-state index < -0.39 is 26.6 Å². The minimum absolute atomic E-state index is 0.0917. The fourth-order valence-electron chi connectivity index (χ4n) is 2.42. The molecule has 0 aliphatic heterocycles. The lowest BCUT2D eigenvalue weighted by atomic mass is 10.2. The number of rotatable bonds is 6. The molecule has 0 spiro atoms. The first kappa shape index (κ1) is 17.4. The predicted octanol–water partition coefficient (Wildman–Crippen LogP) is 2.23. The largest absolute Gasteiger partial charge is 0.243 e. The summed E-state index contributed by atoms with van der Waals surface area (Å²) < 4.78 is 54.8. The van der Waals surface area contributed by atoms with E-state index in [4.69, 9.17) is 0 Å². The fourth-order valence-corrected chi connectivity index (χ4v) is 3.58. The summed E-state index contributed by atoms with van der Waals surface area (Å²) in [6, 6.07) is 4.17. The molecule has 25 heavy (non-hydrogen) atoms. The van der Waals surface area contributed by atoms with E-state index in [1.807, 2.05) is 19.2 Å². The highest BCUT2D eigenvalue weighted by atomic mass is 32.2. The zero-order valence-electron chi connectivity index (χ0n) is 13.4. The standard InChI is InChI=1S/C16H16F2N4O2S/c1-11-7-16-19-9-12(10-22(16)21-11)3-2-6-20-25(23,24)15-8-13(17)4-5-14(15)18/h4-5,7-10,20H,2-3,6H2,1H3. The first-order valence-corrected chi connectivity index (χ1v) is 9.09. The molecule has 0 radical (unpaired) electrons. The number of hydrogen-bond acceptors (Lipinski definition) is 4. The lowest BCUT2D eigenvalue weighted by Crippen LogP contribution is -2.26. The molecule has 3 aromatic rings. The van der Waals surface area contributed by atoms with Crippen LogP contribution in [0.4, 0.5) is 8.78 Å². The summed E-state index contributed by atoms with van der Waals surface area (Å²) in [5, 5.41) is 4.26. The molecule has 6 nitrogen and oxygen atoms in total. The van der Waals surface area contributed by atoms with E-state index in [-0.39, 0.29) is 6.54 Å². The number of nitrogens with one attached hydrogen (secondary N) is 1. The Bertz CT molecular complexity index is 1020. The highest BCUT2D eigenvalue weighted by Gasteiger charge is 2.19. The van der Waals surface area contributed by atoms with Gasteiger partial charge in [-0.25, -0.2) is 31.4 Å². The molecule has 0 atom stereocenters. The van der Waals surface area contributed by atoms with Gasteiger partial charge in [-0.05, 0) is 43.5 Å². The monoisotopic (exact) mass is 366 g/mol. The van der Waals surface area contributed by atoms with Gasteiger partial charge in [-0.2, -0.15) is 5.10 Å². The van der Waals surface area contributed by atoms with Gasteiger partial charge >= 0.3 is 0 Å². The van der Waals surface area contributed by atoms with Gasteiger partial charge in [-0.1, -0.05) is 0 Å². The molecule has 0 amide bonds. The number of nitrogens with zero attached hydrogens (tertiary/aromatic N) is 3. The molecule has 132 valence electrons. The first-order valence-electron chi connectivity index (χ1n) is 7.61. The van der Waals surface area contributed by atoms with E-state index in [0.717, 1.165) is 29.0 Å². The Labute approximate surface area is 143 Å². The van der Waals surface area contributed by atoms with Crippen LogP contribution in [0.5, 0.6) is 0 Å². The van der Waals surface area contributed by atoms with Gasteiger partial charge in [0.2, 0.25) is 10.0 Å². The fraction of sp³-hybridized carbons (Fsp3) is 0.250. The van der Waals surface area contributed by atoms with Crippen LogP contribution in [0.25, 0.3) is 5.65 Å². The summed E-state index contributed by atoms with van der Waals surface area (Å²) in [5.74, 6) is -1.80. The summed E-state index contributed by atoms with van der Waals surface area (Å²) in [6.45, 7) is 1.96. The maximum absolute atomic E-state index is 13.6. The third kappa shape index (κ3) is 3.99. The minimum atomic E-state index is -4.10. The van der Waals surface area contributed by atoms with E-state index in [2.05, 4.69) is 14.8 Å². The normalized spacial score (nSPS) is 12.0. The Kier molecular flexibility index (Phi) is 4.78. The topological polar surface area (TPSA) is 76.4 Å². The van der Waals surface area contributed by atoms with E-state index in [1.54, 1.807) is 10.7 Å². The second kappa shape index (κ2) is 6.85. The third-order valence-electron chi connectivity index (χ3n) is 3.61. The Balaban J connectivity index is 1.60. The zero-order valence-corrected chi connectivity index (χ0v) is 14.2. The van der Waals surface area contributed by atoms with Crippen LogP contribution in [0.15, 0.2) is 41.6 Å². The quantitative estimate of drug-likeness (QED) is 0.679. The molecule has 2 heterocycles. The van der Waals surface area contributed by atoms with Crippen molar-refractivity contribution < 1.29 is 17.2 Å². The second-order valence-electron chi connectivity index (χ2n) is 5.63. The Morgan fingerprint density at radius 1 is 1.24 bits per heavy atom. The van der Waals surface area contributed by atoms with Gasteiger partial charge in [0.1, 0.15) is 16.5 Å². The second-order valence-corrected chi connectivity index (χ2v) is 7.36. The smallest absolute Gasteiger partial charge is 0.237 e. The van der Waals surface area contributed by atoms with Crippen molar-refractivity contribution in [3.8, 4) is 0 Å². The van der Waals surface area contributed by atoms with Crippen molar-refractivity contribution in [3.63, 3.8) is 0 Å². The summed E-state index contributed by atoms with van der Waals surface area (Å²) in [4.78, 5) is 3.58. The van der Waals surface area contributed by atoms with Crippen LogP contribution in [0, 0.1) is 18.6 Å². The highest BCUT2D eigenvalue weighted by Crippen LogP contribution is 2.15. The van der Waals surface area contributed by atoms with Crippen LogP contribution >= 0.6 is 0 Å². The maximum Gasteiger partial charge on any atom is 0.243 e. The molecule has 2 aromatic heterocycles. The van der Waals surface area contributed by atoms with Crippen molar-refractivity contribution in [2.75, 3.05) is 6.54 Å². The SMILES string of the molecule is Cc1cc2ncc(CCCNS(=O)(=O)c3cc(F)ccc3F)cn2n1. The summed E-state index contributed by atoms with van der Waals surface area (Å²) >= 11 is 0. The van der Waals surface area contributed by atoms with Crippen LogP contribution in [0.3, 0.4) is 0 Å². The molecule has 9 heteroatoms. The average molecular weight is 366 g/mol. The molecule has 0 aliphatic rings. The molecular weight excluding hydrogens is 350 g/mol. The highest BCUT2D eigenvalue weighted by molar-refractivity contribution is 7.89. The van der Waals surface area contributed by atoms with E-state index >= 15 is 0 Å². The summed E-state index contributed by atoms with van der Waals surface area (Å²) in [7, 11) is -4.10. The lowest BCUT2D eigenvalue weighted by Gasteiger charge is -2.08. The summed E-state index contributed by atoms with van der Waals surface area (Å²) in [6.07, 6.45) is 4.58. The number of halogens is 2. The van der Waals surface area contributed by atoms with Gasteiger partial charge in [0, 0.05) is 25.0 Å². The molecule has 0 fully saturated rings. The van der Waals surface area contributed by atoms with E-state index in [0.29, 0.717) is 18.9 Å². The first-order chi connectivity index (χ1) is 11.8. The molecule has 0 bridgehead atoms. The van der Waals surface area contributed by atoms with Crippen LogP contribution in [0.1, 0.15) is 17.7 Å². The zero-order chi connectivity index (χ0) is 18.0.